The van der Waals surface area contributed by atoms with E-state index < -0.39 is 4.92 Å². The molecule has 0 unspecified atom stereocenters. The normalized spacial score (nSPS) is 10.5. The summed E-state index contributed by atoms with van der Waals surface area (Å²) in [5.41, 5.74) is 4.23. The van der Waals surface area contributed by atoms with Crippen molar-refractivity contribution in [3.63, 3.8) is 0 Å². The number of aromatic nitrogens is 1. The maximum atomic E-state index is 11.7. The molecule has 0 fully saturated rings. The molecule has 0 aliphatic heterocycles. The zero-order chi connectivity index (χ0) is 15.2. The Hall–Kier alpha value is -3.09. The van der Waals surface area contributed by atoms with Crippen LogP contribution in [0.25, 0.3) is 0 Å². The van der Waals surface area contributed by atoms with Gasteiger partial charge in [0.25, 0.3) is 11.6 Å². The lowest BCUT2D eigenvalue weighted by Gasteiger charge is -1.99. The van der Waals surface area contributed by atoms with Crippen LogP contribution in [0, 0.1) is 17.0 Å². The van der Waals surface area contributed by atoms with E-state index in [0.29, 0.717) is 11.1 Å². The van der Waals surface area contributed by atoms with Crippen molar-refractivity contribution in [1.29, 1.82) is 0 Å². The number of hydrogen-bond donors (Lipinski definition) is 1. The average Bonchev–Trinajstić information content (AvgIpc) is 2.48. The standard InChI is InChI=1S/C14H12N4O3/c1-10-2-5-12(9-15-10)14(19)17-16-8-11-3-6-13(7-4-11)18(20)21/h2-9H,1H3,(H,17,19)/b16-8-. The molecule has 7 nitrogen and oxygen atoms in total. The number of hydrazone groups is 1. The second kappa shape index (κ2) is 6.38. The topological polar surface area (TPSA) is 97.5 Å². The van der Waals surface area contributed by atoms with Crippen LogP contribution >= 0.6 is 0 Å². The second-order valence-corrected chi connectivity index (χ2v) is 4.24. The van der Waals surface area contributed by atoms with E-state index in [2.05, 4.69) is 15.5 Å². The number of nitrogens with zero attached hydrogens (tertiary/aromatic N) is 3. The zero-order valence-corrected chi connectivity index (χ0v) is 11.2. The highest BCUT2D eigenvalue weighted by Crippen LogP contribution is 2.10. The molecule has 2 rings (SSSR count). The Balaban J connectivity index is 1.97. The number of aryl methyl sites for hydroxylation is 1. The number of hydrogen-bond acceptors (Lipinski definition) is 5. The minimum Gasteiger partial charge on any atom is -0.267 e. The molecule has 106 valence electrons. The van der Waals surface area contributed by atoms with Crippen LogP contribution in [0.15, 0.2) is 47.7 Å². The molecule has 1 heterocycles. The first-order valence-electron chi connectivity index (χ1n) is 6.07. The fraction of sp³-hybridized carbons (Fsp3) is 0.0714. The molecular formula is C14H12N4O3. The van der Waals surface area contributed by atoms with Crippen LogP contribution in [-0.4, -0.2) is 22.0 Å². The monoisotopic (exact) mass is 284 g/mol. The van der Waals surface area contributed by atoms with Gasteiger partial charge in [-0.25, -0.2) is 5.43 Å². The maximum Gasteiger partial charge on any atom is 0.272 e. The van der Waals surface area contributed by atoms with Crippen molar-refractivity contribution in [2.75, 3.05) is 0 Å². The van der Waals surface area contributed by atoms with Crippen molar-refractivity contribution in [3.05, 3.63) is 69.5 Å². The average molecular weight is 284 g/mol. The van der Waals surface area contributed by atoms with Crippen LogP contribution < -0.4 is 5.43 Å². The van der Waals surface area contributed by atoms with E-state index in [1.54, 1.807) is 24.3 Å². The number of amides is 1. The predicted molar refractivity (Wildman–Crippen MR) is 77.1 cm³/mol. The Morgan fingerprint density at radius 1 is 1.29 bits per heavy atom. The summed E-state index contributed by atoms with van der Waals surface area (Å²) >= 11 is 0. The quantitative estimate of drug-likeness (QED) is 0.528. The number of rotatable bonds is 4. The fourth-order valence-electron chi connectivity index (χ4n) is 1.51. The summed E-state index contributed by atoms with van der Waals surface area (Å²) in [6.07, 6.45) is 2.87. The van der Waals surface area contributed by atoms with Gasteiger partial charge in [0.15, 0.2) is 0 Å². The molecule has 1 amide bonds. The van der Waals surface area contributed by atoms with Crippen LogP contribution in [0.4, 0.5) is 5.69 Å². The van der Waals surface area contributed by atoms with Crippen molar-refractivity contribution < 1.29 is 9.72 Å². The van der Waals surface area contributed by atoms with E-state index in [9.17, 15) is 14.9 Å². The Morgan fingerprint density at radius 3 is 2.57 bits per heavy atom. The van der Waals surface area contributed by atoms with Gasteiger partial charge in [-0.2, -0.15) is 5.10 Å². The summed E-state index contributed by atoms with van der Waals surface area (Å²) in [6, 6.07) is 9.20. The molecule has 0 spiro atoms. The summed E-state index contributed by atoms with van der Waals surface area (Å²) in [7, 11) is 0. The Morgan fingerprint density at radius 2 is 2.00 bits per heavy atom. The maximum absolute atomic E-state index is 11.7. The van der Waals surface area contributed by atoms with Gasteiger partial charge in [-0.1, -0.05) is 0 Å². The molecule has 0 radical (unpaired) electrons. The summed E-state index contributed by atoms with van der Waals surface area (Å²) in [6.45, 7) is 1.83. The van der Waals surface area contributed by atoms with Crippen molar-refractivity contribution in [3.8, 4) is 0 Å². The molecule has 1 aromatic heterocycles. The lowest BCUT2D eigenvalue weighted by molar-refractivity contribution is -0.384. The molecule has 0 atom stereocenters. The number of nitrogens with one attached hydrogen (secondary N) is 1. The highest BCUT2D eigenvalue weighted by atomic mass is 16.6. The van der Waals surface area contributed by atoms with E-state index >= 15 is 0 Å². The van der Waals surface area contributed by atoms with Crippen LogP contribution in [0.3, 0.4) is 0 Å². The van der Waals surface area contributed by atoms with Gasteiger partial charge in [-0.05, 0) is 36.8 Å². The lowest BCUT2D eigenvalue weighted by Crippen LogP contribution is -2.17. The summed E-state index contributed by atoms with van der Waals surface area (Å²) in [4.78, 5) is 25.8. The smallest absolute Gasteiger partial charge is 0.267 e. The molecule has 1 N–H and O–H groups in total. The second-order valence-electron chi connectivity index (χ2n) is 4.24. The molecule has 7 heteroatoms. The van der Waals surface area contributed by atoms with Gasteiger partial charge in [-0.15, -0.1) is 0 Å². The van der Waals surface area contributed by atoms with E-state index in [4.69, 9.17) is 0 Å². The summed E-state index contributed by atoms with van der Waals surface area (Å²) in [5, 5.41) is 14.3. The first kappa shape index (κ1) is 14.3. The van der Waals surface area contributed by atoms with Crippen LogP contribution in [-0.2, 0) is 0 Å². The van der Waals surface area contributed by atoms with E-state index in [-0.39, 0.29) is 11.6 Å². The van der Waals surface area contributed by atoms with Gasteiger partial charge in [0.2, 0.25) is 0 Å². The molecule has 1 aromatic carbocycles. The van der Waals surface area contributed by atoms with Gasteiger partial charge in [0, 0.05) is 24.0 Å². The Labute approximate surface area is 120 Å². The summed E-state index contributed by atoms with van der Waals surface area (Å²) in [5.74, 6) is -0.374. The van der Waals surface area contributed by atoms with Crippen molar-refractivity contribution in [2.45, 2.75) is 6.92 Å². The summed E-state index contributed by atoms with van der Waals surface area (Å²) < 4.78 is 0. The molecular weight excluding hydrogens is 272 g/mol. The fourth-order valence-corrected chi connectivity index (χ4v) is 1.51. The third kappa shape index (κ3) is 3.93. The largest absolute Gasteiger partial charge is 0.272 e. The molecule has 0 bridgehead atoms. The third-order valence-corrected chi connectivity index (χ3v) is 2.66. The number of non-ortho nitro benzene ring substituents is 1. The lowest BCUT2D eigenvalue weighted by atomic mass is 10.2. The van der Waals surface area contributed by atoms with Crippen molar-refractivity contribution in [2.24, 2.45) is 5.10 Å². The number of benzene rings is 1. The van der Waals surface area contributed by atoms with Crippen molar-refractivity contribution >= 4 is 17.8 Å². The molecule has 0 aliphatic rings. The first-order chi connectivity index (χ1) is 10.1. The highest BCUT2D eigenvalue weighted by Gasteiger charge is 2.04. The molecule has 21 heavy (non-hydrogen) atoms. The van der Waals surface area contributed by atoms with Gasteiger partial charge < -0.3 is 0 Å². The van der Waals surface area contributed by atoms with Gasteiger partial charge in [0.05, 0.1) is 16.7 Å². The Kier molecular flexibility index (Phi) is 4.35. The number of pyridine rings is 1. The van der Waals surface area contributed by atoms with E-state index in [1.807, 2.05) is 6.92 Å². The van der Waals surface area contributed by atoms with Crippen LogP contribution in [0.2, 0.25) is 0 Å². The van der Waals surface area contributed by atoms with Gasteiger partial charge in [-0.3, -0.25) is 19.9 Å². The van der Waals surface area contributed by atoms with E-state index in [0.717, 1.165) is 5.69 Å². The first-order valence-corrected chi connectivity index (χ1v) is 6.07. The van der Waals surface area contributed by atoms with E-state index in [1.165, 1.54) is 24.5 Å². The van der Waals surface area contributed by atoms with Crippen molar-refractivity contribution in [1.82, 2.24) is 10.4 Å². The molecule has 0 saturated heterocycles. The number of carbonyl (C=O) groups excluding carboxylic acids is 1. The minimum atomic E-state index is -0.479. The minimum absolute atomic E-state index is 0.00177. The number of nitro groups is 1. The Bertz CT molecular complexity index is 678. The molecule has 0 saturated carbocycles. The van der Waals surface area contributed by atoms with Crippen LogP contribution in [0.1, 0.15) is 21.6 Å². The number of nitro benzene ring substituents is 1. The van der Waals surface area contributed by atoms with Crippen LogP contribution in [0.5, 0.6) is 0 Å². The third-order valence-electron chi connectivity index (χ3n) is 2.66. The highest BCUT2D eigenvalue weighted by molar-refractivity contribution is 5.94. The zero-order valence-electron chi connectivity index (χ0n) is 11.2. The van der Waals surface area contributed by atoms with Gasteiger partial charge >= 0.3 is 0 Å². The molecule has 0 aliphatic carbocycles. The SMILES string of the molecule is Cc1ccc(C(=O)N/N=C\c2ccc([N+](=O)[O-])cc2)cn1. The molecule has 2 aromatic rings. The van der Waals surface area contributed by atoms with Gasteiger partial charge in [0.1, 0.15) is 0 Å². The predicted octanol–water partition coefficient (Wildman–Crippen LogP) is 2.06. The number of carbonyl (C=O) groups is 1.